The zero-order valence-electron chi connectivity index (χ0n) is 13.1. The SMILES string of the molecule is CC(=O)N(c1ccc(C)cc1C)S(=O)(=O)c1ccc(C)cc1. The lowest BCUT2D eigenvalue weighted by molar-refractivity contribution is -0.115. The number of carbonyl (C=O) groups excluding carboxylic acids is 1. The molecule has 0 atom stereocenters. The summed E-state index contributed by atoms with van der Waals surface area (Å²) >= 11 is 0. The average Bonchev–Trinajstić information content (AvgIpc) is 2.41. The Kier molecular flexibility index (Phi) is 4.37. The molecule has 0 saturated carbocycles. The van der Waals surface area contributed by atoms with E-state index in [4.69, 9.17) is 0 Å². The van der Waals surface area contributed by atoms with Gasteiger partial charge in [0, 0.05) is 6.92 Å². The molecular formula is C17H19NO3S. The second kappa shape index (κ2) is 5.93. The highest BCUT2D eigenvalue weighted by Crippen LogP contribution is 2.27. The van der Waals surface area contributed by atoms with Gasteiger partial charge in [0.2, 0.25) is 5.91 Å². The Bertz CT molecular complexity index is 808. The summed E-state index contributed by atoms with van der Waals surface area (Å²) in [5.74, 6) is -0.535. The van der Waals surface area contributed by atoms with Crippen LogP contribution in [0.25, 0.3) is 0 Å². The van der Waals surface area contributed by atoms with E-state index in [0.717, 1.165) is 21.0 Å². The van der Waals surface area contributed by atoms with E-state index >= 15 is 0 Å². The smallest absolute Gasteiger partial charge is 0.270 e. The number of benzene rings is 2. The van der Waals surface area contributed by atoms with E-state index in [1.54, 1.807) is 31.2 Å². The van der Waals surface area contributed by atoms with Crippen molar-refractivity contribution >= 4 is 21.6 Å². The van der Waals surface area contributed by atoms with Gasteiger partial charge in [0.1, 0.15) is 0 Å². The highest BCUT2D eigenvalue weighted by atomic mass is 32.2. The van der Waals surface area contributed by atoms with Crippen LogP contribution in [0.1, 0.15) is 23.6 Å². The number of amides is 1. The van der Waals surface area contributed by atoms with Crippen molar-refractivity contribution in [2.75, 3.05) is 4.31 Å². The molecule has 0 saturated heterocycles. The van der Waals surface area contributed by atoms with Crippen LogP contribution in [-0.4, -0.2) is 14.3 Å². The van der Waals surface area contributed by atoms with E-state index in [1.165, 1.54) is 19.1 Å². The van der Waals surface area contributed by atoms with E-state index in [2.05, 4.69) is 0 Å². The van der Waals surface area contributed by atoms with E-state index in [0.29, 0.717) is 5.69 Å². The molecule has 2 rings (SSSR count). The number of anilines is 1. The van der Waals surface area contributed by atoms with Gasteiger partial charge in [0.25, 0.3) is 10.0 Å². The summed E-state index contributed by atoms with van der Waals surface area (Å²) in [6.45, 7) is 6.85. The first-order chi connectivity index (χ1) is 10.2. The predicted molar refractivity (Wildman–Crippen MR) is 87.4 cm³/mol. The maximum atomic E-state index is 12.8. The van der Waals surface area contributed by atoms with Crippen LogP contribution < -0.4 is 4.31 Å². The van der Waals surface area contributed by atoms with E-state index in [-0.39, 0.29) is 4.90 Å². The zero-order chi connectivity index (χ0) is 16.5. The Morgan fingerprint density at radius 2 is 1.45 bits per heavy atom. The van der Waals surface area contributed by atoms with Gasteiger partial charge in [-0.05, 0) is 44.5 Å². The van der Waals surface area contributed by atoms with Gasteiger partial charge < -0.3 is 0 Å². The number of hydrogen-bond donors (Lipinski definition) is 0. The van der Waals surface area contributed by atoms with Crippen LogP contribution in [-0.2, 0) is 14.8 Å². The summed E-state index contributed by atoms with van der Waals surface area (Å²) in [6.07, 6.45) is 0. The third-order valence-electron chi connectivity index (χ3n) is 3.42. The molecule has 22 heavy (non-hydrogen) atoms. The summed E-state index contributed by atoms with van der Waals surface area (Å²) in [6, 6.07) is 11.8. The largest absolute Gasteiger partial charge is 0.274 e. The molecule has 0 fully saturated rings. The molecule has 5 heteroatoms. The van der Waals surface area contributed by atoms with E-state index in [9.17, 15) is 13.2 Å². The summed E-state index contributed by atoms with van der Waals surface area (Å²) in [5, 5.41) is 0. The molecule has 2 aromatic rings. The Hall–Kier alpha value is -2.14. The minimum Gasteiger partial charge on any atom is -0.274 e. The molecule has 0 bridgehead atoms. The van der Waals surface area contributed by atoms with Gasteiger partial charge in [-0.1, -0.05) is 35.4 Å². The van der Waals surface area contributed by atoms with Crippen molar-refractivity contribution in [2.24, 2.45) is 0 Å². The summed E-state index contributed by atoms with van der Waals surface area (Å²) in [4.78, 5) is 12.1. The number of hydrogen-bond acceptors (Lipinski definition) is 3. The van der Waals surface area contributed by atoms with Crippen LogP contribution in [0.3, 0.4) is 0 Å². The van der Waals surface area contributed by atoms with Gasteiger partial charge >= 0.3 is 0 Å². The molecule has 0 aliphatic rings. The molecule has 0 N–H and O–H groups in total. The van der Waals surface area contributed by atoms with Crippen molar-refractivity contribution in [3.63, 3.8) is 0 Å². The van der Waals surface area contributed by atoms with Crippen LogP contribution in [0.4, 0.5) is 5.69 Å². The summed E-state index contributed by atoms with van der Waals surface area (Å²) < 4.78 is 26.5. The van der Waals surface area contributed by atoms with Crippen molar-refractivity contribution in [1.82, 2.24) is 0 Å². The number of aryl methyl sites for hydroxylation is 3. The topological polar surface area (TPSA) is 54.5 Å². The van der Waals surface area contributed by atoms with Crippen LogP contribution >= 0.6 is 0 Å². The highest BCUT2D eigenvalue weighted by Gasteiger charge is 2.29. The molecule has 0 unspecified atom stereocenters. The van der Waals surface area contributed by atoms with Crippen LogP contribution in [0.2, 0.25) is 0 Å². The minimum atomic E-state index is -3.92. The number of nitrogens with zero attached hydrogens (tertiary/aromatic N) is 1. The fourth-order valence-corrected chi connectivity index (χ4v) is 3.81. The van der Waals surface area contributed by atoms with Crippen molar-refractivity contribution in [2.45, 2.75) is 32.6 Å². The molecule has 2 aromatic carbocycles. The molecule has 0 radical (unpaired) electrons. The lowest BCUT2D eigenvalue weighted by Gasteiger charge is -2.23. The Balaban J connectivity index is 2.61. The lowest BCUT2D eigenvalue weighted by Crippen LogP contribution is -2.35. The molecule has 0 aliphatic heterocycles. The maximum absolute atomic E-state index is 12.8. The van der Waals surface area contributed by atoms with Crippen molar-refractivity contribution in [3.05, 3.63) is 59.2 Å². The highest BCUT2D eigenvalue weighted by molar-refractivity contribution is 7.93. The minimum absolute atomic E-state index is 0.105. The second-order valence-corrected chi connectivity index (χ2v) is 7.18. The molecule has 4 nitrogen and oxygen atoms in total. The molecule has 0 aliphatic carbocycles. The maximum Gasteiger partial charge on any atom is 0.270 e. The number of sulfonamides is 1. The first-order valence-electron chi connectivity index (χ1n) is 6.93. The normalized spacial score (nSPS) is 11.3. The first kappa shape index (κ1) is 16.2. The fourth-order valence-electron chi connectivity index (χ4n) is 2.32. The predicted octanol–water partition coefficient (Wildman–Crippen LogP) is 3.35. The molecule has 116 valence electrons. The van der Waals surface area contributed by atoms with Gasteiger partial charge in [0.05, 0.1) is 10.6 Å². The summed E-state index contributed by atoms with van der Waals surface area (Å²) in [7, 11) is -3.92. The van der Waals surface area contributed by atoms with Crippen molar-refractivity contribution < 1.29 is 13.2 Å². The van der Waals surface area contributed by atoms with Gasteiger partial charge in [-0.3, -0.25) is 4.79 Å². The Morgan fingerprint density at radius 1 is 0.909 bits per heavy atom. The second-order valence-electron chi connectivity index (χ2n) is 5.39. The molecule has 0 spiro atoms. The lowest BCUT2D eigenvalue weighted by atomic mass is 10.1. The van der Waals surface area contributed by atoms with Gasteiger partial charge in [-0.15, -0.1) is 0 Å². The Morgan fingerprint density at radius 3 is 1.95 bits per heavy atom. The first-order valence-corrected chi connectivity index (χ1v) is 8.37. The number of carbonyl (C=O) groups is 1. The zero-order valence-corrected chi connectivity index (χ0v) is 13.9. The van der Waals surface area contributed by atoms with Crippen molar-refractivity contribution in [1.29, 1.82) is 0 Å². The molecule has 1 amide bonds. The van der Waals surface area contributed by atoms with Crippen LogP contribution in [0.15, 0.2) is 47.4 Å². The third-order valence-corrected chi connectivity index (χ3v) is 5.22. The standard InChI is InChI=1S/C17H19NO3S/c1-12-5-8-16(9-6-12)22(20,21)18(15(4)19)17-10-7-13(2)11-14(17)3/h5-11H,1-4H3. The number of rotatable bonds is 3. The molecule has 0 aromatic heterocycles. The van der Waals surface area contributed by atoms with E-state index in [1.807, 2.05) is 19.9 Å². The van der Waals surface area contributed by atoms with Gasteiger partial charge in [0.15, 0.2) is 0 Å². The molecular weight excluding hydrogens is 298 g/mol. The fraction of sp³-hybridized carbons (Fsp3) is 0.235. The van der Waals surface area contributed by atoms with Crippen LogP contribution in [0.5, 0.6) is 0 Å². The Labute approximate surface area is 131 Å². The average molecular weight is 317 g/mol. The van der Waals surface area contributed by atoms with Gasteiger partial charge in [-0.25, -0.2) is 12.7 Å². The van der Waals surface area contributed by atoms with E-state index < -0.39 is 15.9 Å². The summed E-state index contributed by atoms with van der Waals surface area (Å²) in [5.41, 5.74) is 3.10. The quantitative estimate of drug-likeness (QED) is 0.872. The van der Waals surface area contributed by atoms with Gasteiger partial charge in [-0.2, -0.15) is 0 Å². The monoisotopic (exact) mass is 317 g/mol. The van der Waals surface area contributed by atoms with Crippen LogP contribution in [0, 0.1) is 20.8 Å². The molecule has 0 heterocycles. The van der Waals surface area contributed by atoms with Crippen molar-refractivity contribution in [3.8, 4) is 0 Å². The third kappa shape index (κ3) is 3.04.